The maximum atomic E-state index is 11.7. The van der Waals surface area contributed by atoms with E-state index >= 15 is 0 Å². The lowest BCUT2D eigenvalue weighted by atomic mass is 9.98. The molecule has 1 aliphatic heterocycles. The smallest absolute Gasteiger partial charge is 0.328 e. The van der Waals surface area contributed by atoms with E-state index < -0.39 is 18.1 Å². The van der Waals surface area contributed by atoms with Gasteiger partial charge in [0.1, 0.15) is 0 Å². The van der Waals surface area contributed by atoms with Gasteiger partial charge in [-0.05, 0) is 26.3 Å². The van der Waals surface area contributed by atoms with Crippen molar-refractivity contribution in [2.24, 2.45) is 5.92 Å². The van der Waals surface area contributed by atoms with Crippen LogP contribution in [0.25, 0.3) is 0 Å². The van der Waals surface area contributed by atoms with Gasteiger partial charge in [-0.25, -0.2) is 4.79 Å². The second-order valence-corrected chi connectivity index (χ2v) is 4.11. The number of rotatable bonds is 4. The molecule has 1 amide bonds. The van der Waals surface area contributed by atoms with E-state index in [0.717, 1.165) is 19.4 Å². The van der Waals surface area contributed by atoms with Gasteiger partial charge in [-0.2, -0.15) is 0 Å². The zero-order valence-corrected chi connectivity index (χ0v) is 9.27. The lowest BCUT2D eigenvalue weighted by Gasteiger charge is -2.24. The fraction of sp³-hybridized carbons (Fsp3) is 0.800. The molecule has 3 atom stereocenters. The van der Waals surface area contributed by atoms with Crippen molar-refractivity contribution < 1.29 is 19.8 Å². The molecule has 0 aromatic rings. The van der Waals surface area contributed by atoms with Crippen LogP contribution in [-0.4, -0.2) is 47.3 Å². The first-order valence-corrected chi connectivity index (χ1v) is 5.44. The topological polar surface area (TPSA) is 98.7 Å². The van der Waals surface area contributed by atoms with E-state index in [-0.39, 0.29) is 11.8 Å². The molecule has 0 aliphatic carbocycles. The van der Waals surface area contributed by atoms with Gasteiger partial charge in [-0.3, -0.25) is 4.79 Å². The highest BCUT2D eigenvalue weighted by molar-refractivity contribution is 5.85. The van der Waals surface area contributed by atoms with Crippen LogP contribution in [0.4, 0.5) is 0 Å². The monoisotopic (exact) mass is 230 g/mol. The Morgan fingerprint density at radius 2 is 2.19 bits per heavy atom. The molecular weight excluding hydrogens is 212 g/mol. The molecule has 0 aromatic carbocycles. The van der Waals surface area contributed by atoms with E-state index in [4.69, 9.17) is 5.11 Å². The molecular formula is C10H18N2O4. The second kappa shape index (κ2) is 5.81. The third kappa shape index (κ3) is 3.46. The summed E-state index contributed by atoms with van der Waals surface area (Å²) in [4.78, 5) is 22.5. The highest BCUT2D eigenvalue weighted by Crippen LogP contribution is 2.10. The Kier molecular flexibility index (Phi) is 4.70. The first-order chi connectivity index (χ1) is 7.52. The summed E-state index contributed by atoms with van der Waals surface area (Å²) in [5.41, 5.74) is 0. The van der Waals surface area contributed by atoms with Crippen molar-refractivity contribution in [2.75, 3.05) is 13.1 Å². The molecule has 1 fully saturated rings. The van der Waals surface area contributed by atoms with Crippen LogP contribution in [0, 0.1) is 5.92 Å². The average Bonchev–Trinajstić information content (AvgIpc) is 2.25. The zero-order chi connectivity index (χ0) is 12.1. The summed E-state index contributed by atoms with van der Waals surface area (Å²) in [6.45, 7) is 2.80. The quantitative estimate of drug-likeness (QED) is 0.493. The number of aliphatic hydroxyl groups excluding tert-OH is 1. The fourth-order valence-corrected chi connectivity index (χ4v) is 1.74. The number of nitrogens with one attached hydrogen (secondary N) is 2. The van der Waals surface area contributed by atoms with Crippen LogP contribution in [0.3, 0.4) is 0 Å². The van der Waals surface area contributed by atoms with Crippen molar-refractivity contribution in [2.45, 2.75) is 31.9 Å². The Labute approximate surface area is 94.0 Å². The summed E-state index contributed by atoms with van der Waals surface area (Å²) in [5.74, 6) is -1.72. The number of aliphatic carboxylic acids is 1. The molecule has 0 radical (unpaired) electrons. The molecule has 0 spiro atoms. The molecule has 0 bridgehead atoms. The van der Waals surface area contributed by atoms with E-state index in [0.29, 0.717) is 6.54 Å². The number of carboxylic acids is 1. The standard InChI is InChI=1S/C10H18N2O4/c1-6(13)8(10(15)16)12-9(14)7-3-2-4-11-5-7/h6-8,11,13H,2-5H2,1H3,(H,12,14)(H,15,16)/t6-,7?,8+/m1/s1. The number of piperidine rings is 1. The highest BCUT2D eigenvalue weighted by atomic mass is 16.4. The molecule has 0 saturated carbocycles. The van der Waals surface area contributed by atoms with Crippen molar-refractivity contribution in [1.82, 2.24) is 10.6 Å². The number of carboxylic acid groups (broad SMARTS) is 1. The lowest BCUT2D eigenvalue weighted by molar-refractivity contribution is -0.145. The van der Waals surface area contributed by atoms with Gasteiger partial charge >= 0.3 is 5.97 Å². The number of aliphatic hydroxyl groups is 1. The molecule has 16 heavy (non-hydrogen) atoms. The molecule has 4 N–H and O–H groups in total. The van der Waals surface area contributed by atoms with Gasteiger partial charge in [0.15, 0.2) is 6.04 Å². The van der Waals surface area contributed by atoms with Crippen LogP contribution in [0.5, 0.6) is 0 Å². The van der Waals surface area contributed by atoms with Gasteiger partial charge in [0, 0.05) is 6.54 Å². The maximum absolute atomic E-state index is 11.7. The summed E-state index contributed by atoms with van der Waals surface area (Å²) in [5, 5.41) is 23.5. The fourth-order valence-electron chi connectivity index (χ4n) is 1.74. The van der Waals surface area contributed by atoms with Crippen LogP contribution in [0.15, 0.2) is 0 Å². The van der Waals surface area contributed by atoms with Gasteiger partial charge in [0.25, 0.3) is 0 Å². The normalized spacial score (nSPS) is 24.5. The molecule has 6 nitrogen and oxygen atoms in total. The molecule has 0 aromatic heterocycles. The maximum Gasteiger partial charge on any atom is 0.328 e. The molecule has 1 unspecified atom stereocenters. The highest BCUT2D eigenvalue weighted by Gasteiger charge is 2.29. The Balaban J connectivity index is 2.50. The number of hydrogen-bond donors (Lipinski definition) is 4. The van der Waals surface area contributed by atoms with E-state index in [2.05, 4.69) is 10.6 Å². The summed E-state index contributed by atoms with van der Waals surface area (Å²) < 4.78 is 0. The first-order valence-electron chi connectivity index (χ1n) is 5.44. The first kappa shape index (κ1) is 12.9. The van der Waals surface area contributed by atoms with Crippen molar-refractivity contribution in [3.63, 3.8) is 0 Å². The number of hydrogen-bond acceptors (Lipinski definition) is 4. The van der Waals surface area contributed by atoms with Crippen LogP contribution in [0.1, 0.15) is 19.8 Å². The predicted molar refractivity (Wildman–Crippen MR) is 56.8 cm³/mol. The van der Waals surface area contributed by atoms with E-state index in [1.807, 2.05) is 0 Å². The minimum atomic E-state index is -1.23. The summed E-state index contributed by atoms with van der Waals surface area (Å²) in [6.07, 6.45) is 0.563. The van der Waals surface area contributed by atoms with Crippen LogP contribution < -0.4 is 10.6 Å². The van der Waals surface area contributed by atoms with Crippen LogP contribution in [-0.2, 0) is 9.59 Å². The van der Waals surface area contributed by atoms with E-state index in [1.54, 1.807) is 0 Å². The van der Waals surface area contributed by atoms with Crippen LogP contribution in [0.2, 0.25) is 0 Å². The number of carbonyl (C=O) groups is 2. The van der Waals surface area contributed by atoms with Gasteiger partial charge in [-0.15, -0.1) is 0 Å². The van der Waals surface area contributed by atoms with Crippen molar-refractivity contribution >= 4 is 11.9 Å². The summed E-state index contributed by atoms with van der Waals surface area (Å²) in [6, 6.07) is -1.23. The summed E-state index contributed by atoms with van der Waals surface area (Å²) >= 11 is 0. The van der Waals surface area contributed by atoms with E-state index in [9.17, 15) is 14.7 Å². The minimum absolute atomic E-state index is 0.200. The van der Waals surface area contributed by atoms with Gasteiger partial charge in [0.2, 0.25) is 5.91 Å². The Bertz CT molecular complexity index is 262. The van der Waals surface area contributed by atoms with Crippen molar-refractivity contribution in [3.05, 3.63) is 0 Å². The summed E-state index contributed by atoms with van der Waals surface area (Å²) in [7, 11) is 0. The minimum Gasteiger partial charge on any atom is -0.480 e. The molecule has 6 heteroatoms. The molecule has 1 rings (SSSR count). The number of carbonyl (C=O) groups excluding carboxylic acids is 1. The second-order valence-electron chi connectivity index (χ2n) is 4.11. The van der Waals surface area contributed by atoms with Gasteiger partial charge < -0.3 is 20.8 Å². The zero-order valence-electron chi connectivity index (χ0n) is 9.27. The van der Waals surface area contributed by atoms with Gasteiger partial charge in [0.05, 0.1) is 12.0 Å². The predicted octanol–water partition coefficient (Wildman–Crippen LogP) is -1.06. The van der Waals surface area contributed by atoms with E-state index in [1.165, 1.54) is 6.92 Å². The van der Waals surface area contributed by atoms with Crippen LogP contribution >= 0.6 is 0 Å². The molecule has 1 saturated heterocycles. The Morgan fingerprint density at radius 1 is 1.50 bits per heavy atom. The Morgan fingerprint density at radius 3 is 2.62 bits per heavy atom. The van der Waals surface area contributed by atoms with Crippen molar-refractivity contribution in [3.8, 4) is 0 Å². The number of amides is 1. The lowest BCUT2D eigenvalue weighted by Crippen LogP contribution is -2.51. The third-order valence-electron chi connectivity index (χ3n) is 2.71. The molecule has 92 valence electrons. The average molecular weight is 230 g/mol. The third-order valence-corrected chi connectivity index (χ3v) is 2.71. The molecule has 1 aliphatic rings. The Hall–Kier alpha value is -1.14. The van der Waals surface area contributed by atoms with Crippen molar-refractivity contribution in [1.29, 1.82) is 0 Å². The van der Waals surface area contributed by atoms with Gasteiger partial charge in [-0.1, -0.05) is 0 Å². The largest absolute Gasteiger partial charge is 0.480 e. The molecule has 1 heterocycles. The SMILES string of the molecule is C[C@@H](O)[C@H](NC(=O)C1CCCNC1)C(=O)O.